The molecule has 2 aromatic heterocycles. The van der Waals surface area contributed by atoms with Gasteiger partial charge < -0.3 is 10.7 Å². The summed E-state index contributed by atoms with van der Waals surface area (Å²) in [4.78, 5) is 24.4. The molecule has 0 atom stereocenters. The summed E-state index contributed by atoms with van der Waals surface area (Å²) in [6.45, 7) is 0. The lowest BCUT2D eigenvalue weighted by molar-refractivity contribution is 0.100. The fourth-order valence-corrected chi connectivity index (χ4v) is 1.16. The molecule has 0 aliphatic rings. The van der Waals surface area contributed by atoms with E-state index in [4.69, 9.17) is 5.73 Å². The zero-order chi connectivity index (χ0) is 9.42. The zero-order valence-electron chi connectivity index (χ0n) is 6.50. The zero-order valence-corrected chi connectivity index (χ0v) is 6.50. The second kappa shape index (κ2) is 2.44. The van der Waals surface area contributed by atoms with Crippen LogP contribution in [0.25, 0.3) is 11.0 Å². The highest BCUT2D eigenvalue weighted by Gasteiger charge is 2.08. The van der Waals surface area contributed by atoms with Crippen LogP contribution >= 0.6 is 0 Å². The van der Waals surface area contributed by atoms with E-state index in [9.17, 15) is 9.59 Å². The number of aromatic nitrogens is 3. The number of carbonyl (C=O) groups is 1. The number of aromatic amines is 2. The number of pyridine rings is 1. The monoisotopic (exact) mass is 178 g/mol. The van der Waals surface area contributed by atoms with Crippen molar-refractivity contribution in [1.82, 2.24) is 15.2 Å². The van der Waals surface area contributed by atoms with Crippen LogP contribution < -0.4 is 11.3 Å². The van der Waals surface area contributed by atoms with E-state index in [1.165, 1.54) is 6.20 Å². The number of hydrogen-bond donors (Lipinski definition) is 3. The summed E-state index contributed by atoms with van der Waals surface area (Å²) < 4.78 is 0. The van der Waals surface area contributed by atoms with Crippen LogP contribution in [-0.2, 0) is 0 Å². The summed E-state index contributed by atoms with van der Waals surface area (Å²) in [5, 5.41) is 6.75. The molecule has 0 bridgehead atoms. The van der Waals surface area contributed by atoms with Crippen LogP contribution in [0, 0.1) is 0 Å². The third kappa shape index (κ3) is 1.08. The number of nitrogens with two attached hydrogens (primary N) is 1. The Morgan fingerprint density at radius 1 is 1.54 bits per heavy atom. The van der Waals surface area contributed by atoms with Crippen molar-refractivity contribution in [3.05, 3.63) is 28.2 Å². The van der Waals surface area contributed by atoms with Gasteiger partial charge in [0.15, 0.2) is 0 Å². The van der Waals surface area contributed by atoms with Gasteiger partial charge in [0, 0.05) is 11.5 Å². The number of nitrogens with zero attached hydrogens (tertiary/aromatic N) is 1. The third-order valence-corrected chi connectivity index (χ3v) is 1.72. The van der Waals surface area contributed by atoms with Crippen LogP contribution in [0.3, 0.4) is 0 Å². The van der Waals surface area contributed by atoms with Gasteiger partial charge in [0.1, 0.15) is 5.65 Å². The summed E-state index contributed by atoms with van der Waals surface area (Å²) in [5.41, 5.74) is 5.27. The van der Waals surface area contributed by atoms with Gasteiger partial charge in [-0.05, 0) is 0 Å². The van der Waals surface area contributed by atoms with Gasteiger partial charge in [-0.15, -0.1) is 0 Å². The van der Waals surface area contributed by atoms with E-state index in [0.29, 0.717) is 11.0 Å². The predicted molar refractivity (Wildman–Crippen MR) is 45.2 cm³/mol. The minimum atomic E-state index is -0.641. The van der Waals surface area contributed by atoms with Crippen LogP contribution in [0.15, 0.2) is 17.1 Å². The highest BCUT2D eigenvalue weighted by atomic mass is 16.1. The van der Waals surface area contributed by atoms with Gasteiger partial charge >= 0.3 is 0 Å². The fraction of sp³-hybridized carbons (Fsp3) is 0. The third-order valence-electron chi connectivity index (χ3n) is 1.72. The number of nitrogens with one attached hydrogen (secondary N) is 2. The van der Waals surface area contributed by atoms with Crippen molar-refractivity contribution in [2.75, 3.05) is 0 Å². The molecule has 0 aromatic carbocycles. The molecule has 0 saturated carbocycles. The van der Waals surface area contributed by atoms with Crippen LogP contribution in [0.4, 0.5) is 0 Å². The van der Waals surface area contributed by atoms with E-state index in [0.717, 1.165) is 6.07 Å². The standard InChI is InChI=1S/C7H6N4O2/c8-6(13)3-1-5(12)10-7-4(3)2-9-11-7/h1-2H,(H2,8,13)(H2,9,10,11,12). The van der Waals surface area contributed by atoms with E-state index >= 15 is 0 Å². The van der Waals surface area contributed by atoms with Gasteiger partial charge in [0.05, 0.1) is 11.8 Å². The average Bonchev–Trinajstić information content (AvgIpc) is 2.49. The van der Waals surface area contributed by atoms with Crippen molar-refractivity contribution < 1.29 is 4.79 Å². The molecule has 0 fully saturated rings. The normalized spacial score (nSPS) is 10.5. The quantitative estimate of drug-likeness (QED) is 0.540. The lowest BCUT2D eigenvalue weighted by Gasteiger charge is -1.94. The average molecular weight is 178 g/mol. The van der Waals surface area contributed by atoms with E-state index in [1.54, 1.807) is 0 Å². The van der Waals surface area contributed by atoms with E-state index in [2.05, 4.69) is 15.2 Å². The number of amides is 1. The molecule has 0 radical (unpaired) electrons. The highest BCUT2D eigenvalue weighted by molar-refractivity contribution is 6.04. The Kier molecular flexibility index (Phi) is 1.42. The van der Waals surface area contributed by atoms with Gasteiger partial charge in [0.2, 0.25) is 11.5 Å². The van der Waals surface area contributed by atoms with Gasteiger partial charge in [0.25, 0.3) is 0 Å². The maximum atomic E-state index is 11.0. The number of carbonyl (C=O) groups excluding carboxylic acids is 1. The lowest BCUT2D eigenvalue weighted by Crippen LogP contribution is -2.16. The summed E-state index contributed by atoms with van der Waals surface area (Å²) in [7, 11) is 0. The van der Waals surface area contributed by atoms with Gasteiger partial charge in [-0.3, -0.25) is 14.7 Å². The van der Waals surface area contributed by atoms with E-state index in [1.807, 2.05) is 0 Å². The molecule has 0 aliphatic heterocycles. The van der Waals surface area contributed by atoms with Gasteiger partial charge in [-0.2, -0.15) is 5.10 Å². The lowest BCUT2D eigenvalue weighted by atomic mass is 10.2. The summed E-state index contributed by atoms with van der Waals surface area (Å²) >= 11 is 0. The molecular formula is C7H6N4O2. The SMILES string of the molecule is NC(=O)c1cc(=O)[nH]c2[nH]ncc12. The van der Waals surface area contributed by atoms with Crippen molar-refractivity contribution >= 4 is 16.9 Å². The molecule has 6 heteroatoms. The Hall–Kier alpha value is -2.11. The van der Waals surface area contributed by atoms with Crippen molar-refractivity contribution in [3.8, 4) is 0 Å². The number of primary amides is 1. The molecule has 2 rings (SSSR count). The number of hydrogen-bond acceptors (Lipinski definition) is 3. The van der Waals surface area contributed by atoms with Crippen molar-refractivity contribution in [2.24, 2.45) is 5.73 Å². The molecular weight excluding hydrogens is 172 g/mol. The second-order valence-electron chi connectivity index (χ2n) is 2.57. The number of rotatable bonds is 1. The van der Waals surface area contributed by atoms with Crippen LogP contribution in [-0.4, -0.2) is 21.1 Å². The minimum Gasteiger partial charge on any atom is -0.366 e. The minimum absolute atomic E-state index is 0.174. The number of H-pyrrole nitrogens is 2. The van der Waals surface area contributed by atoms with Crippen molar-refractivity contribution in [2.45, 2.75) is 0 Å². The van der Waals surface area contributed by atoms with E-state index in [-0.39, 0.29) is 11.1 Å². The smallest absolute Gasteiger partial charge is 0.250 e. The molecule has 0 spiro atoms. The molecule has 4 N–H and O–H groups in total. The Bertz CT molecular complexity index is 525. The maximum Gasteiger partial charge on any atom is 0.250 e. The second-order valence-corrected chi connectivity index (χ2v) is 2.57. The Balaban J connectivity index is 2.93. The molecule has 2 aromatic rings. The molecule has 0 saturated heterocycles. The first-order chi connectivity index (χ1) is 6.18. The molecule has 13 heavy (non-hydrogen) atoms. The molecule has 66 valence electrons. The molecule has 0 unspecified atom stereocenters. The first-order valence-electron chi connectivity index (χ1n) is 3.54. The Morgan fingerprint density at radius 3 is 3.00 bits per heavy atom. The van der Waals surface area contributed by atoms with Crippen LogP contribution in [0.2, 0.25) is 0 Å². The highest BCUT2D eigenvalue weighted by Crippen LogP contribution is 2.10. The molecule has 6 nitrogen and oxygen atoms in total. The molecule has 2 heterocycles. The molecule has 0 aliphatic carbocycles. The number of fused-ring (bicyclic) bond motifs is 1. The van der Waals surface area contributed by atoms with E-state index < -0.39 is 5.91 Å². The van der Waals surface area contributed by atoms with Gasteiger partial charge in [-0.1, -0.05) is 0 Å². The van der Waals surface area contributed by atoms with Crippen LogP contribution in [0.1, 0.15) is 10.4 Å². The van der Waals surface area contributed by atoms with Gasteiger partial charge in [-0.25, -0.2) is 0 Å². The fourth-order valence-electron chi connectivity index (χ4n) is 1.16. The first kappa shape index (κ1) is 7.53. The summed E-state index contributed by atoms with van der Waals surface area (Å²) in [6.07, 6.45) is 1.44. The van der Waals surface area contributed by atoms with Crippen molar-refractivity contribution in [1.29, 1.82) is 0 Å². The Morgan fingerprint density at radius 2 is 2.31 bits per heavy atom. The van der Waals surface area contributed by atoms with Crippen LogP contribution in [0.5, 0.6) is 0 Å². The molecule has 1 amide bonds. The summed E-state index contributed by atoms with van der Waals surface area (Å²) in [5.74, 6) is -0.641. The first-order valence-corrected chi connectivity index (χ1v) is 3.54. The van der Waals surface area contributed by atoms with Crippen molar-refractivity contribution in [3.63, 3.8) is 0 Å². The maximum absolute atomic E-state index is 11.0. The largest absolute Gasteiger partial charge is 0.366 e. The topological polar surface area (TPSA) is 105 Å². The predicted octanol–water partition coefficient (Wildman–Crippen LogP) is -0.650. The Labute approximate surface area is 71.8 Å². The summed E-state index contributed by atoms with van der Waals surface area (Å²) in [6, 6.07) is 1.15.